The zero-order chi connectivity index (χ0) is 22.6. The summed E-state index contributed by atoms with van der Waals surface area (Å²) in [5.41, 5.74) is 7.93. The van der Waals surface area contributed by atoms with E-state index in [9.17, 15) is 0 Å². The van der Waals surface area contributed by atoms with E-state index in [1.54, 1.807) is 0 Å². The molecule has 0 atom stereocenters. The lowest BCUT2D eigenvalue weighted by atomic mass is 9.95. The van der Waals surface area contributed by atoms with Crippen LogP contribution in [0.4, 0.5) is 0 Å². The van der Waals surface area contributed by atoms with Crippen LogP contribution in [0.1, 0.15) is 30.2 Å². The number of rotatable bonds is 3. The Hall–Kier alpha value is -2.71. The molecule has 0 spiro atoms. The lowest BCUT2D eigenvalue weighted by molar-refractivity contribution is -0.665. The van der Waals surface area contributed by atoms with Crippen molar-refractivity contribution >= 4 is 29.2 Å². The minimum absolute atomic E-state index is 0.643. The molecule has 0 unspecified atom stereocenters. The molecule has 0 amide bonds. The fourth-order valence-corrected chi connectivity index (χ4v) is 7.58. The fourth-order valence-electron chi connectivity index (χ4n) is 5.22. The smallest absolute Gasteiger partial charge is 0.198 e. The summed E-state index contributed by atoms with van der Waals surface area (Å²) in [7, 11) is 0.278. The molecule has 0 aliphatic heterocycles. The lowest BCUT2D eigenvalue weighted by Crippen LogP contribution is -2.52. The van der Waals surface area contributed by atoms with Crippen molar-refractivity contribution in [2.75, 3.05) is 0 Å². The van der Waals surface area contributed by atoms with E-state index >= 15 is 0 Å². The summed E-state index contributed by atoms with van der Waals surface area (Å²) < 4.78 is 11.2. The van der Waals surface area contributed by atoms with Crippen LogP contribution in [0.5, 0.6) is 0 Å². The Bertz CT molecular complexity index is 1360. The van der Waals surface area contributed by atoms with Crippen molar-refractivity contribution in [3.8, 4) is 11.3 Å². The first-order valence-corrected chi connectivity index (χ1v) is 14.4. The molecule has 5 rings (SSSR count). The second-order valence-electron chi connectivity index (χ2n) is 9.66. The summed E-state index contributed by atoms with van der Waals surface area (Å²) in [5.74, 6) is 0. The van der Waals surface area contributed by atoms with Crippen LogP contribution in [0, 0.1) is 13.8 Å². The van der Waals surface area contributed by atoms with E-state index in [2.05, 4.69) is 99.2 Å². The van der Waals surface area contributed by atoms with Crippen molar-refractivity contribution in [2.24, 2.45) is 7.05 Å². The fraction of sp³-hybridized carbons (Fsp3) is 0.276. The van der Waals surface area contributed by atoms with Crippen LogP contribution >= 0.6 is 0 Å². The molecule has 156 valence electrons. The summed E-state index contributed by atoms with van der Waals surface area (Å²) in [4.78, 5) is 0. The Kier molecular flexibility index (Phi) is 4.57. The number of pyridine rings is 1. The molecule has 0 saturated carbocycles. The van der Waals surface area contributed by atoms with Gasteiger partial charge in [0.15, 0.2) is 5.69 Å². The van der Waals surface area contributed by atoms with Crippen LogP contribution in [0.15, 0.2) is 66.7 Å². The third-order valence-electron chi connectivity index (χ3n) is 7.34. The standard InChI is InChI=1S/C29H32NSi/c1-20-16-22-10-9-11-23(22)19-28(20)29-27-15-14-26(18-24(27)17-21(2)30(29)3)31(4,5)25-12-7-6-8-13-25/h6-8,12-19H,9-11H2,1-5H3/q+1/i17D. The largest absolute Gasteiger partial charge is 0.220 e. The molecule has 1 aliphatic rings. The zero-order valence-electron chi connectivity index (χ0n) is 20.3. The van der Waals surface area contributed by atoms with E-state index in [0.717, 1.165) is 11.1 Å². The summed E-state index contributed by atoms with van der Waals surface area (Å²) in [6.45, 7) is 9.15. The molecule has 0 radical (unpaired) electrons. The van der Waals surface area contributed by atoms with Crippen molar-refractivity contribution in [3.05, 3.63) is 89.1 Å². The predicted octanol–water partition coefficient (Wildman–Crippen LogP) is 5.26. The van der Waals surface area contributed by atoms with Crippen LogP contribution in [0.3, 0.4) is 0 Å². The van der Waals surface area contributed by atoms with Crippen LogP contribution in [-0.4, -0.2) is 8.07 Å². The number of aryl methyl sites for hydroxylation is 3. The molecule has 0 fully saturated rings. The number of aromatic nitrogens is 1. The summed E-state index contributed by atoms with van der Waals surface area (Å²) in [6, 6.07) is 23.3. The van der Waals surface area contributed by atoms with Gasteiger partial charge < -0.3 is 0 Å². The van der Waals surface area contributed by atoms with Gasteiger partial charge in [-0.15, -0.1) is 0 Å². The Morgan fingerprint density at radius 1 is 0.871 bits per heavy atom. The molecule has 2 heteroatoms. The number of fused-ring (bicyclic) bond motifs is 2. The van der Waals surface area contributed by atoms with Gasteiger partial charge in [-0.2, -0.15) is 4.57 Å². The maximum Gasteiger partial charge on any atom is 0.220 e. The van der Waals surface area contributed by atoms with Crippen LogP contribution < -0.4 is 14.9 Å². The molecule has 31 heavy (non-hydrogen) atoms. The topological polar surface area (TPSA) is 3.88 Å². The average molecular weight is 424 g/mol. The first kappa shape index (κ1) is 19.0. The van der Waals surface area contributed by atoms with Crippen molar-refractivity contribution in [1.82, 2.24) is 0 Å². The highest BCUT2D eigenvalue weighted by Crippen LogP contribution is 2.33. The van der Waals surface area contributed by atoms with Gasteiger partial charge in [0.25, 0.3) is 0 Å². The molecule has 1 aliphatic carbocycles. The predicted molar refractivity (Wildman–Crippen MR) is 135 cm³/mol. The lowest BCUT2D eigenvalue weighted by Gasteiger charge is -2.24. The molecule has 4 aromatic rings. The van der Waals surface area contributed by atoms with E-state index in [1.807, 2.05) is 0 Å². The average Bonchev–Trinajstić information content (AvgIpc) is 3.25. The highest BCUT2D eigenvalue weighted by atomic mass is 28.3. The number of nitrogens with zero attached hydrogens (tertiary/aromatic N) is 1. The first-order valence-electron chi connectivity index (χ1n) is 11.9. The number of benzene rings is 3. The third kappa shape index (κ3) is 3.34. The highest BCUT2D eigenvalue weighted by molar-refractivity contribution is 7.00. The maximum absolute atomic E-state index is 8.96. The summed E-state index contributed by atoms with van der Waals surface area (Å²) in [6.07, 6.45) is 3.65. The quantitative estimate of drug-likeness (QED) is 0.313. The molecular weight excluding hydrogens is 390 g/mol. The molecular formula is C29H32NSi+. The van der Waals surface area contributed by atoms with E-state index in [4.69, 9.17) is 1.37 Å². The van der Waals surface area contributed by atoms with Gasteiger partial charge in [0.05, 0.1) is 12.3 Å². The molecule has 0 N–H and O–H groups in total. The highest BCUT2D eigenvalue weighted by Gasteiger charge is 2.28. The monoisotopic (exact) mass is 423 g/mol. The van der Waals surface area contributed by atoms with Crippen molar-refractivity contribution in [1.29, 1.82) is 0 Å². The van der Waals surface area contributed by atoms with Gasteiger partial charge in [0.1, 0.15) is 15.1 Å². The van der Waals surface area contributed by atoms with E-state index in [-0.39, 0.29) is 0 Å². The van der Waals surface area contributed by atoms with E-state index in [1.165, 1.54) is 63.0 Å². The second kappa shape index (κ2) is 7.46. The molecule has 1 nitrogen and oxygen atoms in total. The maximum atomic E-state index is 8.96. The van der Waals surface area contributed by atoms with Crippen LogP contribution in [0.25, 0.3) is 22.0 Å². The number of hydrogen-bond acceptors (Lipinski definition) is 0. The molecule has 3 aromatic carbocycles. The van der Waals surface area contributed by atoms with Gasteiger partial charge in [-0.1, -0.05) is 72.0 Å². The van der Waals surface area contributed by atoms with Crippen LogP contribution in [-0.2, 0) is 19.9 Å². The minimum atomic E-state index is -1.84. The van der Waals surface area contributed by atoms with Crippen molar-refractivity contribution < 1.29 is 5.94 Å². The Morgan fingerprint density at radius 2 is 1.58 bits per heavy atom. The third-order valence-corrected chi connectivity index (χ3v) is 10.9. The second-order valence-corrected chi connectivity index (χ2v) is 14.1. The Labute approximate surface area is 188 Å². The normalized spacial score (nSPS) is 14.0. The number of hydrogen-bond donors (Lipinski definition) is 0. The van der Waals surface area contributed by atoms with Gasteiger partial charge in [-0.25, -0.2) is 0 Å². The van der Waals surface area contributed by atoms with Gasteiger partial charge in [-0.05, 0) is 60.4 Å². The van der Waals surface area contributed by atoms with E-state index in [0.29, 0.717) is 6.04 Å². The SMILES string of the molecule is [2H]c1c(C)[n+](C)c(-c2cc3c(cc2C)CCC3)c2ccc([Si](C)(C)c3ccccc3)cc12. The molecule has 1 aromatic heterocycles. The van der Waals surface area contributed by atoms with Gasteiger partial charge in [-0.3, -0.25) is 0 Å². The van der Waals surface area contributed by atoms with Crippen LogP contribution in [0.2, 0.25) is 13.1 Å². The van der Waals surface area contributed by atoms with E-state index < -0.39 is 8.07 Å². The van der Waals surface area contributed by atoms with Gasteiger partial charge in [0, 0.05) is 13.0 Å². The minimum Gasteiger partial charge on any atom is -0.198 e. The summed E-state index contributed by atoms with van der Waals surface area (Å²) >= 11 is 0. The van der Waals surface area contributed by atoms with Gasteiger partial charge in [0.2, 0.25) is 5.69 Å². The molecule has 0 bridgehead atoms. The molecule has 1 heterocycles. The summed E-state index contributed by atoms with van der Waals surface area (Å²) in [5, 5.41) is 5.07. The van der Waals surface area contributed by atoms with Gasteiger partial charge >= 0.3 is 0 Å². The Balaban J connectivity index is 1.76. The Morgan fingerprint density at radius 3 is 2.32 bits per heavy atom. The zero-order valence-corrected chi connectivity index (χ0v) is 20.3. The van der Waals surface area contributed by atoms with Crippen molar-refractivity contribution in [3.63, 3.8) is 0 Å². The van der Waals surface area contributed by atoms with Crippen molar-refractivity contribution in [2.45, 2.75) is 46.2 Å². The first-order chi connectivity index (χ1) is 15.3. The molecule has 0 saturated heterocycles.